The third-order valence-electron chi connectivity index (χ3n) is 7.79. The van der Waals surface area contributed by atoms with Gasteiger partial charge in [0.25, 0.3) is 0 Å². The average Bonchev–Trinajstić information content (AvgIpc) is 3.40. The summed E-state index contributed by atoms with van der Waals surface area (Å²) in [6, 6.07) is 0. The van der Waals surface area contributed by atoms with Crippen molar-refractivity contribution in [1.82, 2.24) is 15.0 Å². The van der Waals surface area contributed by atoms with Crippen LogP contribution in [0.4, 0.5) is 11.9 Å². The van der Waals surface area contributed by atoms with Crippen LogP contribution in [0.5, 0.6) is 0 Å². The Balaban J connectivity index is 1.30. The molecule has 0 bridgehead atoms. The minimum atomic E-state index is 0.695. The maximum Gasteiger partial charge on any atom is 0.230 e. The molecule has 0 amide bonds. The van der Waals surface area contributed by atoms with Gasteiger partial charge in [0.2, 0.25) is 11.9 Å². The van der Waals surface area contributed by atoms with Crippen molar-refractivity contribution in [1.29, 1.82) is 0 Å². The van der Waals surface area contributed by atoms with Gasteiger partial charge in [0.15, 0.2) is 0 Å². The highest BCUT2D eigenvalue weighted by atomic mass is 16.5. The van der Waals surface area contributed by atoms with Gasteiger partial charge in [-0.2, -0.15) is 4.98 Å². The molecule has 4 aliphatic rings. The molecular weight excluding hydrogens is 378 g/mol. The van der Waals surface area contributed by atoms with Crippen LogP contribution < -0.4 is 9.80 Å². The van der Waals surface area contributed by atoms with E-state index < -0.39 is 0 Å². The number of ether oxygens (including phenoxy) is 2. The Kier molecular flexibility index (Phi) is 6.66. The molecule has 5 heterocycles. The second-order valence-electron chi connectivity index (χ2n) is 9.74. The van der Waals surface area contributed by atoms with Crippen LogP contribution in [0.15, 0.2) is 6.33 Å². The Morgan fingerprint density at radius 1 is 0.667 bits per heavy atom. The molecule has 7 nitrogen and oxygen atoms in total. The molecule has 166 valence electrons. The highest BCUT2D eigenvalue weighted by Crippen LogP contribution is 2.32. The van der Waals surface area contributed by atoms with Crippen LogP contribution in [0.1, 0.15) is 51.4 Å². The lowest BCUT2D eigenvalue weighted by Crippen LogP contribution is -2.35. The van der Waals surface area contributed by atoms with Crippen LogP contribution in [0, 0.1) is 23.7 Å². The second kappa shape index (κ2) is 9.77. The van der Waals surface area contributed by atoms with E-state index in [0.29, 0.717) is 23.7 Å². The van der Waals surface area contributed by atoms with Crippen LogP contribution in [-0.4, -0.2) is 67.6 Å². The standard InChI is InChI=1S/C23H37N5O2/c1-3-9-27(13-18(5-1)20-7-11-29-15-20)22-24-17-25-23(26-22)28-10-4-2-6-19(14-28)21-8-12-30-16-21/h17-21H,1-16H2. The van der Waals surface area contributed by atoms with Crippen LogP contribution in [0.3, 0.4) is 0 Å². The maximum absolute atomic E-state index is 5.68. The number of aromatic nitrogens is 3. The van der Waals surface area contributed by atoms with Crippen molar-refractivity contribution in [3.8, 4) is 0 Å². The smallest absolute Gasteiger partial charge is 0.230 e. The van der Waals surface area contributed by atoms with Crippen LogP contribution in [0.25, 0.3) is 0 Å². The molecule has 1 aromatic heterocycles. The van der Waals surface area contributed by atoms with Gasteiger partial charge in [-0.25, -0.2) is 9.97 Å². The molecule has 4 unspecified atom stereocenters. The van der Waals surface area contributed by atoms with E-state index in [1.54, 1.807) is 6.33 Å². The van der Waals surface area contributed by atoms with E-state index >= 15 is 0 Å². The Hall–Kier alpha value is -1.47. The van der Waals surface area contributed by atoms with Crippen molar-refractivity contribution < 1.29 is 9.47 Å². The maximum atomic E-state index is 5.68. The zero-order valence-electron chi connectivity index (χ0n) is 18.3. The summed E-state index contributed by atoms with van der Waals surface area (Å²) in [6.07, 6.45) is 11.8. The van der Waals surface area contributed by atoms with E-state index in [1.165, 1.54) is 51.4 Å². The van der Waals surface area contributed by atoms with E-state index in [2.05, 4.69) is 19.8 Å². The summed E-state index contributed by atoms with van der Waals surface area (Å²) in [5.74, 6) is 4.53. The quantitative estimate of drug-likeness (QED) is 0.748. The molecule has 4 fully saturated rings. The predicted molar refractivity (Wildman–Crippen MR) is 117 cm³/mol. The van der Waals surface area contributed by atoms with E-state index in [4.69, 9.17) is 14.5 Å². The van der Waals surface area contributed by atoms with Gasteiger partial charge >= 0.3 is 0 Å². The van der Waals surface area contributed by atoms with E-state index in [-0.39, 0.29) is 0 Å². The highest BCUT2D eigenvalue weighted by Gasteiger charge is 2.31. The minimum Gasteiger partial charge on any atom is -0.381 e. The third-order valence-corrected chi connectivity index (χ3v) is 7.79. The lowest BCUT2D eigenvalue weighted by molar-refractivity contribution is 0.171. The number of rotatable bonds is 4. The fraction of sp³-hybridized carbons (Fsp3) is 0.870. The van der Waals surface area contributed by atoms with Gasteiger partial charge in [-0.15, -0.1) is 0 Å². The Bertz CT molecular complexity index is 624. The molecule has 1 aromatic rings. The van der Waals surface area contributed by atoms with Crippen molar-refractivity contribution in [3.63, 3.8) is 0 Å². The Morgan fingerprint density at radius 3 is 1.67 bits per heavy atom. The number of nitrogens with zero attached hydrogens (tertiary/aromatic N) is 5. The number of anilines is 2. The molecule has 0 radical (unpaired) electrons. The molecule has 4 atom stereocenters. The second-order valence-corrected chi connectivity index (χ2v) is 9.74. The summed E-state index contributed by atoms with van der Waals surface area (Å²) in [5.41, 5.74) is 0. The highest BCUT2D eigenvalue weighted by molar-refractivity contribution is 5.38. The van der Waals surface area contributed by atoms with Crippen LogP contribution >= 0.6 is 0 Å². The van der Waals surface area contributed by atoms with Crippen molar-refractivity contribution in [3.05, 3.63) is 6.33 Å². The average molecular weight is 416 g/mol. The van der Waals surface area contributed by atoms with Crippen LogP contribution in [0.2, 0.25) is 0 Å². The van der Waals surface area contributed by atoms with Gasteiger partial charge < -0.3 is 19.3 Å². The zero-order chi connectivity index (χ0) is 20.2. The molecule has 0 N–H and O–H groups in total. The predicted octanol–water partition coefficient (Wildman–Crippen LogP) is 3.16. The lowest BCUT2D eigenvalue weighted by Gasteiger charge is -2.29. The normalized spacial score (nSPS) is 33.5. The summed E-state index contributed by atoms with van der Waals surface area (Å²) in [6.45, 7) is 7.94. The molecule has 4 aliphatic heterocycles. The fourth-order valence-electron chi connectivity index (χ4n) is 5.92. The Morgan fingerprint density at radius 2 is 1.20 bits per heavy atom. The van der Waals surface area contributed by atoms with Gasteiger partial charge in [-0.1, -0.05) is 12.8 Å². The van der Waals surface area contributed by atoms with Crippen molar-refractivity contribution in [2.75, 3.05) is 62.4 Å². The van der Waals surface area contributed by atoms with Gasteiger partial charge in [-0.05, 0) is 62.2 Å². The van der Waals surface area contributed by atoms with Crippen molar-refractivity contribution >= 4 is 11.9 Å². The molecule has 7 heteroatoms. The van der Waals surface area contributed by atoms with Gasteiger partial charge in [0, 0.05) is 52.6 Å². The van der Waals surface area contributed by atoms with Gasteiger partial charge in [-0.3, -0.25) is 0 Å². The summed E-state index contributed by atoms with van der Waals surface area (Å²) in [7, 11) is 0. The molecular formula is C23H37N5O2. The SMILES string of the molecule is c1nc(N2CCCCC(C3CCOC3)C2)nc(N2CCCCC(C3CCOC3)C2)n1. The molecule has 4 saturated heterocycles. The fourth-order valence-corrected chi connectivity index (χ4v) is 5.92. The summed E-state index contributed by atoms with van der Waals surface area (Å²) in [4.78, 5) is 19.0. The molecule has 0 aromatic carbocycles. The first-order chi connectivity index (χ1) is 14.9. The van der Waals surface area contributed by atoms with E-state index in [1.807, 2.05) is 0 Å². The largest absolute Gasteiger partial charge is 0.381 e. The van der Waals surface area contributed by atoms with E-state index in [0.717, 1.165) is 64.5 Å². The summed E-state index contributed by atoms with van der Waals surface area (Å²) < 4.78 is 11.4. The van der Waals surface area contributed by atoms with E-state index in [9.17, 15) is 0 Å². The summed E-state index contributed by atoms with van der Waals surface area (Å²) >= 11 is 0. The first-order valence-corrected chi connectivity index (χ1v) is 12.2. The lowest BCUT2D eigenvalue weighted by atomic mass is 9.88. The minimum absolute atomic E-state index is 0.695. The number of hydrogen-bond acceptors (Lipinski definition) is 7. The number of hydrogen-bond donors (Lipinski definition) is 0. The molecule has 0 aliphatic carbocycles. The van der Waals surface area contributed by atoms with Crippen LogP contribution in [-0.2, 0) is 9.47 Å². The molecule has 0 spiro atoms. The monoisotopic (exact) mass is 415 g/mol. The molecule has 0 saturated carbocycles. The molecule has 5 rings (SSSR count). The topological polar surface area (TPSA) is 63.6 Å². The third kappa shape index (κ3) is 4.72. The first-order valence-electron chi connectivity index (χ1n) is 12.2. The van der Waals surface area contributed by atoms with Gasteiger partial charge in [0.1, 0.15) is 6.33 Å². The summed E-state index contributed by atoms with van der Waals surface area (Å²) in [5, 5.41) is 0. The Labute approximate surface area is 180 Å². The van der Waals surface area contributed by atoms with Crippen molar-refractivity contribution in [2.24, 2.45) is 23.7 Å². The zero-order valence-corrected chi connectivity index (χ0v) is 18.3. The molecule has 30 heavy (non-hydrogen) atoms. The van der Waals surface area contributed by atoms with Crippen molar-refractivity contribution in [2.45, 2.75) is 51.4 Å². The van der Waals surface area contributed by atoms with Gasteiger partial charge in [0.05, 0.1) is 0 Å². The first kappa shape index (κ1) is 20.4.